The van der Waals surface area contributed by atoms with Gasteiger partial charge in [0.05, 0.1) is 19.1 Å². The van der Waals surface area contributed by atoms with Gasteiger partial charge in [0.1, 0.15) is 5.75 Å². The predicted molar refractivity (Wildman–Crippen MR) is 95.6 cm³/mol. The van der Waals surface area contributed by atoms with Gasteiger partial charge in [0.25, 0.3) is 0 Å². The molecule has 2 aliphatic rings. The van der Waals surface area contributed by atoms with Crippen molar-refractivity contribution in [3.05, 3.63) is 28.2 Å². The summed E-state index contributed by atoms with van der Waals surface area (Å²) in [5.41, 5.74) is -0.287. The molecule has 0 N–H and O–H groups in total. The first-order valence-corrected chi connectivity index (χ1v) is 9.50. The van der Waals surface area contributed by atoms with Crippen LogP contribution in [-0.2, 0) is 23.9 Å². The number of esters is 3. The van der Waals surface area contributed by atoms with E-state index in [0.717, 1.165) is 17.3 Å². The summed E-state index contributed by atoms with van der Waals surface area (Å²) in [6.07, 6.45) is 2.78. The third kappa shape index (κ3) is 3.02. The van der Waals surface area contributed by atoms with Crippen molar-refractivity contribution in [3.63, 3.8) is 0 Å². The van der Waals surface area contributed by atoms with E-state index in [9.17, 15) is 14.4 Å². The standard InChI is InChI=1S/C19H21BrO6/c1-3-25-16(21)14-15(19(18(23)24-2)8-4-5-9-19)12-10-11(20)6-7-13(12)26-17(14)22/h6-7,10,14-15H,3-5,8-9H2,1-2H3/t14-,15-/m1/s1. The number of benzene rings is 1. The van der Waals surface area contributed by atoms with Crippen LogP contribution in [0.1, 0.15) is 44.1 Å². The molecule has 0 radical (unpaired) electrons. The average molecular weight is 425 g/mol. The highest BCUT2D eigenvalue weighted by atomic mass is 79.9. The summed E-state index contributed by atoms with van der Waals surface area (Å²) >= 11 is 3.43. The average Bonchev–Trinajstić information content (AvgIpc) is 3.11. The van der Waals surface area contributed by atoms with Gasteiger partial charge in [-0.05, 0) is 38.0 Å². The van der Waals surface area contributed by atoms with Crippen LogP contribution in [0.5, 0.6) is 5.75 Å². The van der Waals surface area contributed by atoms with Crippen LogP contribution in [0.25, 0.3) is 0 Å². The van der Waals surface area contributed by atoms with Crippen LogP contribution in [0.2, 0.25) is 0 Å². The topological polar surface area (TPSA) is 78.9 Å². The Hall–Kier alpha value is -1.89. The second-order valence-corrected chi connectivity index (χ2v) is 7.58. The van der Waals surface area contributed by atoms with E-state index >= 15 is 0 Å². The molecular formula is C19H21BrO6. The zero-order chi connectivity index (χ0) is 18.9. The molecule has 7 heteroatoms. The summed E-state index contributed by atoms with van der Waals surface area (Å²) in [7, 11) is 1.34. The van der Waals surface area contributed by atoms with E-state index in [1.807, 2.05) is 6.07 Å². The fraction of sp³-hybridized carbons (Fsp3) is 0.526. The summed E-state index contributed by atoms with van der Waals surface area (Å²) < 4.78 is 16.4. The fourth-order valence-electron chi connectivity index (χ4n) is 4.28. The maximum absolute atomic E-state index is 12.8. The van der Waals surface area contributed by atoms with Crippen molar-refractivity contribution in [1.29, 1.82) is 0 Å². The second kappa shape index (κ2) is 7.39. The van der Waals surface area contributed by atoms with Gasteiger partial charge >= 0.3 is 17.9 Å². The Bertz CT molecular complexity index is 738. The zero-order valence-electron chi connectivity index (χ0n) is 14.7. The Morgan fingerprint density at radius 3 is 2.62 bits per heavy atom. The van der Waals surface area contributed by atoms with Crippen molar-refractivity contribution in [1.82, 2.24) is 0 Å². The maximum Gasteiger partial charge on any atom is 0.326 e. The van der Waals surface area contributed by atoms with Gasteiger partial charge in [0, 0.05) is 16.0 Å². The molecule has 0 unspecified atom stereocenters. The van der Waals surface area contributed by atoms with E-state index in [0.29, 0.717) is 24.2 Å². The molecule has 140 valence electrons. The first kappa shape index (κ1) is 18.9. The van der Waals surface area contributed by atoms with Gasteiger partial charge in [-0.1, -0.05) is 28.8 Å². The molecule has 1 aliphatic carbocycles. The number of carbonyl (C=O) groups is 3. The van der Waals surface area contributed by atoms with Gasteiger partial charge in [0.15, 0.2) is 5.92 Å². The van der Waals surface area contributed by atoms with Crippen LogP contribution in [0.4, 0.5) is 0 Å². The minimum absolute atomic E-state index is 0.145. The highest BCUT2D eigenvalue weighted by Crippen LogP contribution is 2.56. The minimum atomic E-state index is -1.19. The fourth-order valence-corrected chi connectivity index (χ4v) is 4.65. The molecule has 1 aromatic rings. The van der Waals surface area contributed by atoms with Crippen molar-refractivity contribution in [2.24, 2.45) is 11.3 Å². The van der Waals surface area contributed by atoms with E-state index < -0.39 is 35.2 Å². The Morgan fingerprint density at radius 2 is 2.00 bits per heavy atom. The Kier molecular flexibility index (Phi) is 5.37. The van der Waals surface area contributed by atoms with E-state index in [-0.39, 0.29) is 6.61 Å². The van der Waals surface area contributed by atoms with Crippen molar-refractivity contribution in [2.45, 2.75) is 38.5 Å². The summed E-state index contributed by atoms with van der Waals surface area (Å²) in [4.78, 5) is 38.2. The molecule has 6 nitrogen and oxygen atoms in total. The van der Waals surface area contributed by atoms with E-state index in [2.05, 4.69) is 15.9 Å². The van der Waals surface area contributed by atoms with Gasteiger partial charge in [-0.25, -0.2) is 0 Å². The highest BCUT2D eigenvalue weighted by molar-refractivity contribution is 9.10. The van der Waals surface area contributed by atoms with E-state index in [1.165, 1.54) is 7.11 Å². The summed E-state index contributed by atoms with van der Waals surface area (Å²) in [6.45, 7) is 1.82. The van der Waals surface area contributed by atoms with Crippen LogP contribution < -0.4 is 4.74 Å². The van der Waals surface area contributed by atoms with Gasteiger partial charge < -0.3 is 14.2 Å². The Balaban J connectivity index is 2.20. The molecular weight excluding hydrogens is 404 g/mol. The molecule has 0 spiro atoms. The van der Waals surface area contributed by atoms with Gasteiger partial charge in [-0.2, -0.15) is 0 Å². The van der Waals surface area contributed by atoms with Crippen molar-refractivity contribution in [3.8, 4) is 5.75 Å². The van der Waals surface area contributed by atoms with Gasteiger partial charge in [-0.15, -0.1) is 0 Å². The van der Waals surface area contributed by atoms with Crippen LogP contribution in [0.15, 0.2) is 22.7 Å². The molecule has 0 amide bonds. The number of hydrogen-bond donors (Lipinski definition) is 0. The molecule has 1 aliphatic heterocycles. The lowest BCUT2D eigenvalue weighted by Gasteiger charge is -2.41. The van der Waals surface area contributed by atoms with E-state index in [4.69, 9.17) is 14.2 Å². The number of carbonyl (C=O) groups excluding carboxylic acids is 3. The monoisotopic (exact) mass is 424 g/mol. The molecule has 0 bridgehead atoms. The van der Waals surface area contributed by atoms with Crippen LogP contribution >= 0.6 is 15.9 Å². The van der Waals surface area contributed by atoms with Crippen molar-refractivity contribution < 1.29 is 28.6 Å². The molecule has 1 heterocycles. The normalized spacial score (nSPS) is 23.7. The van der Waals surface area contributed by atoms with E-state index in [1.54, 1.807) is 19.1 Å². The molecule has 1 fully saturated rings. The molecule has 1 saturated carbocycles. The molecule has 0 saturated heterocycles. The summed E-state index contributed by atoms with van der Waals surface area (Å²) in [6, 6.07) is 5.24. The predicted octanol–water partition coefficient (Wildman–Crippen LogP) is 3.36. The molecule has 1 aromatic carbocycles. The third-order valence-electron chi connectivity index (χ3n) is 5.33. The lowest BCUT2D eigenvalue weighted by Crippen LogP contribution is -2.48. The zero-order valence-corrected chi connectivity index (χ0v) is 16.3. The first-order chi connectivity index (χ1) is 12.4. The quantitative estimate of drug-likeness (QED) is 0.418. The Morgan fingerprint density at radius 1 is 1.31 bits per heavy atom. The number of methoxy groups -OCH3 is 1. The summed E-state index contributed by atoms with van der Waals surface area (Å²) in [5, 5.41) is 0. The van der Waals surface area contributed by atoms with Gasteiger partial charge in [0.2, 0.25) is 0 Å². The third-order valence-corrected chi connectivity index (χ3v) is 5.82. The van der Waals surface area contributed by atoms with Crippen LogP contribution in [-0.4, -0.2) is 31.6 Å². The molecule has 2 atom stereocenters. The molecule has 26 heavy (non-hydrogen) atoms. The highest BCUT2D eigenvalue weighted by Gasteiger charge is 2.58. The minimum Gasteiger partial charge on any atom is -0.469 e. The molecule has 3 rings (SSSR count). The lowest BCUT2D eigenvalue weighted by atomic mass is 9.64. The number of halogens is 1. The smallest absolute Gasteiger partial charge is 0.326 e. The Labute approximate surface area is 160 Å². The number of ether oxygens (including phenoxy) is 3. The van der Waals surface area contributed by atoms with Gasteiger partial charge in [-0.3, -0.25) is 14.4 Å². The largest absolute Gasteiger partial charge is 0.469 e. The first-order valence-electron chi connectivity index (χ1n) is 8.71. The SMILES string of the molecule is CCOC(=O)[C@@H]1C(=O)Oc2ccc(Br)cc2[C@H]1C1(C(=O)OC)CCCC1. The number of hydrogen-bond acceptors (Lipinski definition) is 6. The summed E-state index contributed by atoms with van der Waals surface area (Å²) in [5.74, 6) is -3.23. The molecule has 0 aromatic heterocycles. The lowest BCUT2D eigenvalue weighted by molar-refractivity contribution is -0.166. The number of rotatable bonds is 4. The van der Waals surface area contributed by atoms with Crippen molar-refractivity contribution in [2.75, 3.05) is 13.7 Å². The maximum atomic E-state index is 12.8. The van der Waals surface area contributed by atoms with Crippen LogP contribution in [0.3, 0.4) is 0 Å². The van der Waals surface area contributed by atoms with Crippen LogP contribution in [0, 0.1) is 11.3 Å². The second-order valence-electron chi connectivity index (χ2n) is 6.67. The number of fused-ring (bicyclic) bond motifs is 1. The van der Waals surface area contributed by atoms with Crippen molar-refractivity contribution >= 4 is 33.8 Å².